The fourth-order valence-electron chi connectivity index (χ4n) is 3.60. The van der Waals surface area contributed by atoms with Gasteiger partial charge < -0.3 is 10.3 Å². The smallest absolute Gasteiger partial charge is 0.233 e. The van der Waals surface area contributed by atoms with Crippen LogP contribution in [0, 0.1) is 23.1 Å². The van der Waals surface area contributed by atoms with E-state index < -0.39 is 15.9 Å². The van der Waals surface area contributed by atoms with E-state index in [9.17, 15) is 18.1 Å². The summed E-state index contributed by atoms with van der Waals surface area (Å²) in [4.78, 5) is 11.8. The molecule has 0 radical (unpaired) electrons. The lowest BCUT2D eigenvalue weighted by atomic mass is 9.93. The number of sulfonamides is 1. The maximum absolute atomic E-state index is 13.3. The van der Waals surface area contributed by atoms with Crippen molar-refractivity contribution in [2.75, 3.05) is 17.6 Å². The molecule has 0 saturated carbocycles. The van der Waals surface area contributed by atoms with E-state index in [1.807, 2.05) is 6.07 Å². The van der Waals surface area contributed by atoms with Gasteiger partial charge in [-0.3, -0.25) is 4.31 Å². The van der Waals surface area contributed by atoms with Crippen LogP contribution in [0.3, 0.4) is 0 Å². The number of aliphatic imine (C=N–C) groups is 1. The third kappa shape index (κ3) is 4.26. The SMILES string of the molecule is CN(c1ncccc1CNC1c2cc(-c3ccc(F)cc3)[nH]c2N=CC1C#N)S(C)(=O)=O. The Morgan fingerprint density at radius 2 is 2.03 bits per heavy atom. The van der Waals surface area contributed by atoms with Crippen LogP contribution in [0.5, 0.6) is 0 Å². The van der Waals surface area contributed by atoms with Crippen LogP contribution in [0.2, 0.25) is 0 Å². The normalized spacial score (nSPS) is 17.6. The molecule has 1 aliphatic rings. The molecule has 0 amide bonds. The van der Waals surface area contributed by atoms with Gasteiger partial charge in [0.2, 0.25) is 10.0 Å². The summed E-state index contributed by atoms with van der Waals surface area (Å²) in [5, 5.41) is 13.0. The molecule has 0 fully saturated rings. The Bertz CT molecular complexity index is 1310. The molecule has 1 aliphatic heterocycles. The van der Waals surface area contributed by atoms with Gasteiger partial charge in [0.1, 0.15) is 23.4 Å². The number of pyridine rings is 1. The standard InChI is InChI=1S/C22H21FN6O2S/c1-29(32(2,30)31)22-15(4-3-9-25-22)12-26-20-16(11-24)13-27-21-18(20)10-19(28-21)14-5-7-17(23)8-6-14/h3-10,13,16,20,26,28H,12H2,1-2H3. The molecule has 10 heteroatoms. The zero-order valence-corrected chi connectivity index (χ0v) is 18.3. The quantitative estimate of drug-likeness (QED) is 0.596. The first-order valence-corrected chi connectivity index (χ1v) is 11.7. The molecule has 0 bridgehead atoms. The van der Waals surface area contributed by atoms with E-state index in [4.69, 9.17) is 0 Å². The fourth-order valence-corrected chi connectivity index (χ4v) is 4.07. The minimum Gasteiger partial charge on any atom is -0.339 e. The summed E-state index contributed by atoms with van der Waals surface area (Å²) in [5.41, 5.74) is 3.04. The largest absolute Gasteiger partial charge is 0.339 e. The second-order valence-electron chi connectivity index (χ2n) is 7.50. The summed E-state index contributed by atoms with van der Waals surface area (Å²) in [5.74, 6) is 0.0976. The van der Waals surface area contributed by atoms with Crippen molar-refractivity contribution in [2.45, 2.75) is 12.6 Å². The van der Waals surface area contributed by atoms with Gasteiger partial charge in [0.15, 0.2) is 0 Å². The van der Waals surface area contributed by atoms with Gasteiger partial charge in [-0.15, -0.1) is 0 Å². The summed E-state index contributed by atoms with van der Waals surface area (Å²) in [7, 11) is -2.03. The van der Waals surface area contributed by atoms with Gasteiger partial charge in [-0.1, -0.05) is 6.07 Å². The molecule has 8 nitrogen and oxygen atoms in total. The van der Waals surface area contributed by atoms with Gasteiger partial charge in [0, 0.05) is 42.8 Å². The van der Waals surface area contributed by atoms with Gasteiger partial charge in [-0.05, 0) is 42.0 Å². The van der Waals surface area contributed by atoms with Gasteiger partial charge in [-0.25, -0.2) is 22.8 Å². The molecule has 1 aromatic carbocycles. The minimum absolute atomic E-state index is 0.288. The highest BCUT2D eigenvalue weighted by molar-refractivity contribution is 7.92. The molecule has 32 heavy (non-hydrogen) atoms. The van der Waals surface area contributed by atoms with Crippen molar-refractivity contribution in [3.63, 3.8) is 0 Å². The lowest BCUT2D eigenvalue weighted by Crippen LogP contribution is -2.31. The number of benzene rings is 1. The van der Waals surface area contributed by atoms with Crippen LogP contribution in [0.25, 0.3) is 11.3 Å². The van der Waals surface area contributed by atoms with Gasteiger partial charge in [-0.2, -0.15) is 5.26 Å². The maximum atomic E-state index is 13.3. The highest BCUT2D eigenvalue weighted by atomic mass is 32.2. The molecular weight excluding hydrogens is 431 g/mol. The number of aromatic amines is 1. The molecule has 3 aromatic rings. The Kier molecular flexibility index (Phi) is 5.78. The first-order chi connectivity index (χ1) is 15.3. The summed E-state index contributed by atoms with van der Waals surface area (Å²) in [6, 6.07) is 13.4. The summed E-state index contributed by atoms with van der Waals surface area (Å²) in [6.07, 6.45) is 4.23. The number of aromatic nitrogens is 2. The van der Waals surface area contributed by atoms with E-state index in [0.717, 1.165) is 27.4 Å². The number of nitrogens with zero attached hydrogens (tertiary/aromatic N) is 4. The number of hydrogen-bond donors (Lipinski definition) is 2. The van der Waals surface area contributed by atoms with Gasteiger partial charge in [0.25, 0.3) is 0 Å². The number of fused-ring (bicyclic) bond motifs is 1. The molecule has 2 N–H and O–H groups in total. The van der Waals surface area contributed by atoms with Crippen molar-refractivity contribution in [1.29, 1.82) is 5.26 Å². The first-order valence-electron chi connectivity index (χ1n) is 9.82. The van der Waals surface area contributed by atoms with E-state index in [0.29, 0.717) is 17.2 Å². The Morgan fingerprint density at radius 3 is 2.72 bits per heavy atom. The summed E-state index contributed by atoms with van der Waals surface area (Å²) >= 11 is 0. The van der Waals surface area contributed by atoms with Crippen molar-refractivity contribution in [3.8, 4) is 17.3 Å². The van der Waals surface area contributed by atoms with Crippen LogP contribution >= 0.6 is 0 Å². The summed E-state index contributed by atoms with van der Waals surface area (Å²) in [6.45, 7) is 0.288. The molecule has 2 aromatic heterocycles. The predicted octanol–water partition coefficient (Wildman–Crippen LogP) is 3.30. The van der Waals surface area contributed by atoms with Crippen molar-refractivity contribution >= 4 is 27.9 Å². The Balaban J connectivity index is 1.63. The van der Waals surface area contributed by atoms with Crippen molar-refractivity contribution in [2.24, 2.45) is 10.9 Å². The molecule has 4 rings (SSSR count). The van der Waals surface area contributed by atoms with E-state index in [-0.39, 0.29) is 18.4 Å². The van der Waals surface area contributed by atoms with Crippen LogP contribution in [0.15, 0.2) is 53.7 Å². The van der Waals surface area contributed by atoms with Crippen molar-refractivity contribution < 1.29 is 12.8 Å². The Labute approximate surface area is 185 Å². The van der Waals surface area contributed by atoms with E-state index >= 15 is 0 Å². The van der Waals surface area contributed by atoms with Crippen LogP contribution in [-0.4, -0.2) is 37.9 Å². The van der Waals surface area contributed by atoms with E-state index in [2.05, 4.69) is 26.3 Å². The second kappa shape index (κ2) is 8.53. The van der Waals surface area contributed by atoms with Crippen molar-refractivity contribution in [3.05, 3.63) is 65.6 Å². The number of halogens is 1. The second-order valence-corrected chi connectivity index (χ2v) is 9.52. The van der Waals surface area contributed by atoms with Gasteiger partial charge in [0.05, 0.1) is 18.4 Å². The topological polar surface area (TPSA) is 114 Å². The third-order valence-corrected chi connectivity index (χ3v) is 6.53. The predicted molar refractivity (Wildman–Crippen MR) is 121 cm³/mol. The highest BCUT2D eigenvalue weighted by Gasteiger charge is 2.30. The zero-order chi connectivity index (χ0) is 22.9. The first kappa shape index (κ1) is 21.7. The number of nitrogens with one attached hydrogen (secondary N) is 2. The lowest BCUT2D eigenvalue weighted by molar-refractivity contribution is 0.495. The molecule has 0 aliphatic carbocycles. The van der Waals surface area contributed by atoms with E-state index in [1.165, 1.54) is 25.4 Å². The van der Waals surface area contributed by atoms with Crippen molar-refractivity contribution in [1.82, 2.24) is 15.3 Å². The van der Waals surface area contributed by atoms with Crippen LogP contribution in [0.4, 0.5) is 16.0 Å². The average molecular weight is 453 g/mol. The average Bonchev–Trinajstić information content (AvgIpc) is 3.21. The fraction of sp³-hybridized carbons (Fsp3) is 0.227. The minimum atomic E-state index is -3.48. The third-order valence-electron chi connectivity index (χ3n) is 5.36. The molecule has 164 valence electrons. The number of nitriles is 1. The number of rotatable bonds is 6. The van der Waals surface area contributed by atoms with E-state index in [1.54, 1.807) is 30.5 Å². The lowest BCUT2D eigenvalue weighted by Gasteiger charge is -2.25. The molecule has 2 atom stereocenters. The Morgan fingerprint density at radius 1 is 1.28 bits per heavy atom. The van der Waals surface area contributed by atoms with Crippen LogP contribution < -0.4 is 9.62 Å². The monoisotopic (exact) mass is 452 g/mol. The molecule has 0 spiro atoms. The highest BCUT2D eigenvalue weighted by Crippen LogP contribution is 2.37. The molecule has 0 saturated heterocycles. The Hall–Kier alpha value is -3.55. The molecule has 3 heterocycles. The van der Waals surface area contributed by atoms with Crippen LogP contribution in [0.1, 0.15) is 17.2 Å². The summed E-state index contributed by atoms with van der Waals surface area (Å²) < 4.78 is 38.4. The number of hydrogen-bond acceptors (Lipinski definition) is 6. The number of anilines is 1. The molecule has 2 unspecified atom stereocenters. The molecular formula is C22H21FN6O2S. The maximum Gasteiger partial charge on any atom is 0.233 e. The van der Waals surface area contributed by atoms with Crippen LogP contribution in [-0.2, 0) is 16.6 Å². The van der Waals surface area contributed by atoms with Gasteiger partial charge >= 0.3 is 0 Å². The zero-order valence-electron chi connectivity index (χ0n) is 17.4. The number of H-pyrrole nitrogens is 1.